The third kappa shape index (κ3) is 4.76. The minimum absolute atomic E-state index is 0.155. The Kier molecular flexibility index (Phi) is 6.69. The van der Waals surface area contributed by atoms with Gasteiger partial charge in [-0.25, -0.2) is 4.79 Å². The zero-order valence-electron chi connectivity index (χ0n) is 18.6. The summed E-state index contributed by atoms with van der Waals surface area (Å²) in [6, 6.07) is -1.19. The molecule has 0 N–H and O–H groups in total. The maximum absolute atomic E-state index is 12.8. The zero-order chi connectivity index (χ0) is 22.1. The molecule has 1 amide bonds. The second kappa shape index (κ2) is 8.77. The summed E-state index contributed by atoms with van der Waals surface area (Å²) in [6.45, 7) is 10.5. The molecule has 0 bridgehead atoms. The summed E-state index contributed by atoms with van der Waals surface area (Å²) in [5.74, 6) is -1.16. The quantitative estimate of drug-likeness (QED) is 0.214. The molecule has 3 saturated heterocycles. The van der Waals surface area contributed by atoms with Crippen LogP contribution in [0.5, 0.6) is 0 Å². The number of carbonyl (C=O) groups excluding carboxylic acids is 3. The minimum atomic E-state index is -0.724. The van der Waals surface area contributed by atoms with Crippen LogP contribution in [0.4, 0.5) is 0 Å². The van der Waals surface area contributed by atoms with Gasteiger partial charge in [0.2, 0.25) is 6.79 Å². The lowest BCUT2D eigenvalue weighted by atomic mass is 9.96. The molecule has 0 saturated carbocycles. The van der Waals surface area contributed by atoms with Crippen molar-refractivity contribution in [2.75, 3.05) is 19.9 Å². The van der Waals surface area contributed by atoms with Gasteiger partial charge in [-0.05, 0) is 47.5 Å². The number of likely N-dealkylation sites (tertiary alicyclic amines) is 1. The van der Waals surface area contributed by atoms with Gasteiger partial charge in [-0.3, -0.25) is 14.6 Å². The van der Waals surface area contributed by atoms with Crippen molar-refractivity contribution in [1.82, 2.24) is 9.80 Å². The van der Waals surface area contributed by atoms with Crippen molar-refractivity contribution in [1.29, 1.82) is 0 Å². The van der Waals surface area contributed by atoms with Gasteiger partial charge in [-0.15, -0.1) is 11.8 Å². The Hall–Kier alpha value is -1.77. The van der Waals surface area contributed by atoms with Gasteiger partial charge in [0.15, 0.2) is 6.04 Å². The first kappa shape index (κ1) is 22.9. The molecule has 0 aromatic carbocycles. The van der Waals surface area contributed by atoms with E-state index in [1.807, 2.05) is 20.2 Å². The summed E-state index contributed by atoms with van der Waals surface area (Å²) in [4.78, 5) is 45.7. The smallest absolute Gasteiger partial charge is 0.333 e. The van der Waals surface area contributed by atoms with Crippen LogP contribution in [0, 0.1) is 5.41 Å². The average molecular weight is 440 g/mol. The van der Waals surface area contributed by atoms with Crippen LogP contribution >= 0.6 is 11.8 Å². The standard InChI is InChI=1S/C21H33N3O5S/c1-20(2,3)19(27)29-13-28-18(26)15-21(4,5)30-17-14(16(25)24(15)17)22-12-23-10-8-6-7-9-11-23/h12,14-15,17H,6-11,13H2,1-5H3/t14-,15-,17+/m0/s1. The van der Waals surface area contributed by atoms with Crippen LogP contribution in [0.3, 0.4) is 0 Å². The van der Waals surface area contributed by atoms with Crippen molar-refractivity contribution < 1.29 is 23.9 Å². The van der Waals surface area contributed by atoms with E-state index in [2.05, 4.69) is 9.89 Å². The second-order valence-electron chi connectivity index (χ2n) is 9.68. The van der Waals surface area contributed by atoms with Gasteiger partial charge >= 0.3 is 11.9 Å². The number of carbonyl (C=O) groups is 3. The van der Waals surface area contributed by atoms with Crippen molar-refractivity contribution in [3.8, 4) is 0 Å². The first-order valence-electron chi connectivity index (χ1n) is 10.6. The van der Waals surface area contributed by atoms with Crippen LogP contribution in [-0.2, 0) is 23.9 Å². The van der Waals surface area contributed by atoms with Gasteiger partial charge in [0.25, 0.3) is 5.91 Å². The Morgan fingerprint density at radius 2 is 1.80 bits per heavy atom. The minimum Gasteiger partial charge on any atom is -0.427 e. The Labute approximate surface area is 182 Å². The highest BCUT2D eigenvalue weighted by atomic mass is 32.2. The van der Waals surface area contributed by atoms with Gasteiger partial charge in [-0.2, -0.15) is 0 Å². The monoisotopic (exact) mass is 439 g/mol. The summed E-state index contributed by atoms with van der Waals surface area (Å²) in [5.41, 5.74) is -0.675. The highest BCUT2D eigenvalue weighted by Crippen LogP contribution is 2.51. The largest absolute Gasteiger partial charge is 0.427 e. The van der Waals surface area contributed by atoms with E-state index in [9.17, 15) is 14.4 Å². The lowest BCUT2D eigenvalue weighted by Crippen LogP contribution is -2.65. The van der Waals surface area contributed by atoms with Crippen LogP contribution in [-0.4, -0.2) is 76.1 Å². The zero-order valence-corrected chi connectivity index (χ0v) is 19.4. The molecule has 3 heterocycles. The summed E-state index contributed by atoms with van der Waals surface area (Å²) in [6.07, 6.45) is 6.59. The molecule has 0 aromatic rings. The van der Waals surface area contributed by atoms with Gasteiger partial charge in [0, 0.05) is 17.8 Å². The van der Waals surface area contributed by atoms with Crippen LogP contribution in [0.25, 0.3) is 0 Å². The number of hydrogen-bond acceptors (Lipinski definition) is 7. The van der Waals surface area contributed by atoms with Crippen LogP contribution < -0.4 is 0 Å². The fraction of sp³-hybridized carbons (Fsp3) is 0.810. The number of aliphatic imine (C=N–C) groups is 1. The molecule has 168 valence electrons. The molecular weight excluding hydrogens is 406 g/mol. The number of β-lactam (4-membered cyclic amide) rings is 1. The molecule has 0 unspecified atom stereocenters. The first-order valence-corrected chi connectivity index (χ1v) is 11.5. The van der Waals surface area contributed by atoms with Crippen molar-refractivity contribution >= 4 is 35.9 Å². The fourth-order valence-electron chi connectivity index (χ4n) is 3.92. The molecule has 3 atom stereocenters. The predicted octanol–water partition coefficient (Wildman–Crippen LogP) is 2.41. The Bertz CT molecular complexity index is 710. The predicted molar refractivity (Wildman–Crippen MR) is 115 cm³/mol. The van der Waals surface area contributed by atoms with Crippen LogP contribution in [0.1, 0.15) is 60.3 Å². The molecule has 3 aliphatic rings. The summed E-state index contributed by atoms with van der Waals surface area (Å²) < 4.78 is 9.71. The number of thioether (sulfide) groups is 1. The number of nitrogens with zero attached hydrogens (tertiary/aromatic N) is 3. The van der Waals surface area contributed by atoms with E-state index >= 15 is 0 Å². The van der Waals surface area contributed by atoms with Crippen molar-refractivity contribution in [3.05, 3.63) is 0 Å². The third-order valence-corrected chi connectivity index (χ3v) is 7.23. The number of fused-ring (bicyclic) bond motifs is 1. The Morgan fingerprint density at radius 3 is 2.40 bits per heavy atom. The molecular formula is C21H33N3O5S. The number of rotatable bonds is 5. The number of ether oxygens (including phenoxy) is 2. The van der Waals surface area contributed by atoms with E-state index in [0.717, 1.165) is 25.9 Å². The molecule has 30 heavy (non-hydrogen) atoms. The molecule has 3 rings (SSSR count). The molecule has 9 heteroatoms. The van der Waals surface area contributed by atoms with Gasteiger partial charge in [0.1, 0.15) is 11.4 Å². The number of esters is 2. The SMILES string of the molecule is CC(C)(C)C(=O)OCOC(=O)[C@@H]1N2C(=O)[C@H](N=CN3CCCCCC3)[C@H]2SC1(C)C. The lowest BCUT2D eigenvalue weighted by Gasteiger charge is -2.41. The van der Waals surface area contributed by atoms with E-state index in [1.54, 1.807) is 37.4 Å². The molecule has 3 fully saturated rings. The third-order valence-electron chi connectivity index (χ3n) is 5.67. The highest BCUT2D eigenvalue weighted by molar-refractivity contribution is 8.01. The van der Waals surface area contributed by atoms with Gasteiger partial charge in [0.05, 0.1) is 11.8 Å². The van der Waals surface area contributed by atoms with E-state index in [1.165, 1.54) is 12.8 Å². The average Bonchev–Trinajstić information content (AvgIpc) is 2.80. The fourth-order valence-corrected chi connectivity index (χ4v) is 5.54. The van der Waals surface area contributed by atoms with Crippen LogP contribution in [0.2, 0.25) is 0 Å². The molecule has 0 aliphatic carbocycles. The molecule has 8 nitrogen and oxygen atoms in total. The Balaban J connectivity index is 1.58. The lowest BCUT2D eigenvalue weighted by molar-refractivity contribution is -0.179. The topological polar surface area (TPSA) is 88.5 Å². The van der Waals surface area contributed by atoms with Crippen molar-refractivity contribution in [3.63, 3.8) is 0 Å². The van der Waals surface area contributed by atoms with Crippen molar-refractivity contribution in [2.24, 2.45) is 10.4 Å². The first-order chi connectivity index (χ1) is 14.0. The van der Waals surface area contributed by atoms with Gasteiger partial charge < -0.3 is 19.3 Å². The van der Waals surface area contributed by atoms with Crippen LogP contribution in [0.15, 0.2) is 4.99 Å². The van der Waals surface area contributed by atoms with E-state index in [0.29, 0.717) is 0 Å². The number of hydrogen-bond donors (Lipinski definition) is 0. The molecule has 0 aromatic heterocycles. The maximum Gasteiger partial charge on any atom is 0.333 e. The van der Waals surface area contributed by atoms with E-state index in [4.69, 9.17) is 9.47 Å². The molecule has 0 radical (unpaired) electrons. The maximum atomic E-state index is 12.8. The Morgan fingerprint density at radius 1 is 1.17 bits per heavy atom. The van der Waals surface area contributed by atoms with Crippen molar-refractivity contribution in [2.45, 2.75) is 82.5 Å². The summed E-state index contributed by atoms with van der Waals surface area (Å²) in [5, 5.41) is -0.176. The van der Waals surface area contributed by atoms with Gasteiger partial charge in [-0.1, -0.05) is 12.8 Å². The summed E-state index contributed by atoms with van der Waals surface area (Å²) in [7, 11) is 0. The van der Waals surface area contributed by atoms with E-state index < -0.39 is 41.0 Å². The molecule has 0 spiro atoms. The van der Waals surface area contributed by atoms with E-state index in [-0.39, 0.29) is 11.3 Å². The normalized spacial score (nSPS) is 28.7. The highest BCUT2D eigenvalue weighted by Gasteiger charge is 2.64. The second-order valence-corrected chi connectivity index (χ2v) is 11.5. The molecule has 3 aliphatic heterocycles. The number of amides is 1. The summed E-state index contributed by atoms with van der Waals surface area (Å²) >= 11 is 1.56.